The summed E-state index contributed by atoms with van der Waals surface area (Å²) in [7, 11) is 3.06. The third kappa shape index (κ3) is 5.69. The summed E-state index contributed by atoms with van der Waals surface area (Å²) in [5.74, 6) is -0.133. The molecule has 1 fully saturated rings. The van der Waals surface area contributed by atoms with Crippen molar-refractivity contribution in [2.45, 2.75) is 44.2 Å². The van der Waals surface area contributed by atoms with Crippen molar-refractivity contribution in [3.63, 3.8) is 0 Å². The number of halogens is 1. The number of rotatable bonds is 10. The summed E-state index contributed by atoms with van der Waals surface area (Å²) in [4.78, 5) is 25.6. The first-order valence-electron chi connectivity index (χ1n) is 12.2. The van der Waals surface area contributed by atoms with E-state index in [9.17, 15) is 19.1 Å². The number of hydrogen-bond acceptors (Lipinski definition) is 7. The predicted molar refractivity (Wildman–Crippen MR) is 130 cm³/mol. The minimum Gasteiger partial charge on any atom is -0.495 e. The summed E-state index contributed by atoms with van der Waals surface area (Å²) in [6.07, 6.45) is 1.35. The van der Waals surface area contributed by atoms with E-state index in [-0.39, 0.29) is 30.3 Å². The molecule has 0 aromatic heterocycles. The lowest BCUT2D eigenvalue weighted by Crippen LogP contribution is -2.48. The standard InChI is InChI=1S/C27H32FNO7/c1-33-9-3-4-23(30)18-6-5-16(13-21(18)28)12-17-14-20(26(34-2)19-7-11-36-25(17)19)27(32)29-22-8-10-35-15-24(22)31/h5-6,13-14,22,24,31H,3-4,7-12,15H2,1-2H3,(H,29,32)/t22-,24-/m0/s1. The lowest BCUT2D eigenvalue weighted by molar-refractivity contribution is -0.0261. The second-order valence-electron chi connectivity index (χ2n) is 9.04. The van der Waals surface area contributed by atoms with Crippen LogP contribution in [0.3, 0.4) is 0 Å². The molecule has 1 saturated heterocycles. The number of nitrogens with one attached hydrogen (secondary N) is 1. The first-order valence-corrected chi connectivity index (χ1v) is 12.2. The number of amides is 1. The van der Waals surface area contributed by atoms with Crippen molar-refractivity contribution in [1.29, 1.82) is 0 Å². The highest BCUT2D eigenvalue weighted by molar-refractivity contribution is 5.98. The number of benzene rings is 2. The van der Waals surface area contributed by atoms with Crippen LogP contribution in [0, 0.1) is 5.82 Å². The number of fused-ring (bicyclic) bond motifs is 1. The number of carbonyl (C=O) groups excluding carboxylic acids is 2. The number of aliphatic hydroxyl groups excluding tert-OH is 1. The third-order valence-electron chi connectivity index (χ3n) is 6.57. The molecule has 0 saturated carbocycles. The van der Waals surface area contributed by atoms with Crippen LogP contribution >= 0.6 is 0 Å². The summed E-state index contributed by atoms with van der Waals surface area (Å²) in [6.45, 7) is 1.52. The molecule has 194 valence electrons. The third-order valence-corrected chi connectivity index (χ3v) is 6.57. The van der Waals surface area contributed by atoms with Crippen LogP contribution in [0.4, 0.5) is 4.39 Å². The largest absolute Gasteiger partial charge is 0.495 e. The lowest BCUT2D eigenvalue weighted by atomic mass is 9.95. The normalized spacial score (nSPS) is 18.9. The van der Waals surface area contributed by atoms with E-state index in [0.29, 0.717) is 68.1 Å². The van der Waals surface area contributed by atoms with Crippen LogP contribution in [-0.4, -0.2) is 69.6 Å². The van der Waals surface area contributed by atoms with Crippen molar-refractivity contribution < 1.29 is 38.0 Å². The molecule has 0 bridgehead atoms. The van der Waals surface area contributed by atoms with Crippen molar-refractivity contribution in [3.05, 3.63) is 57.9 Å². The molecule has 9 heteroatoms. The highest BCUT2D eigenvalue weighted by Gasteiger charge is 2.30. The number of ketones is 1. The van der Waals surface area contributed by atoms with Gasteiger partial charge in [-0.1, -0.05) is 6.07 Å². The number of hydrogen-bond donors (Lipinski definition) is 2. The summed E-state index contributed by atoms with van der Waals surface area (Å²) >= 11 is 0. The maximum atomic E-state index is 14.8. The average molecular weight is 502 g/mol. The fraction of sp³-hybridized carbons (Fsp3) is 0.481. The van der Waals surface area contributed by atoms with Gasteiger partial charge in [-0.3, -0.25) is 9.59 Å². The molecule has 4 rings (SSSR count). The smallest absolute Gasteiger partial charge is 0.255 e. The van der Waals surface area contributed by atoms with E-state index in [0.717, 1.165) is 11.1 Å². The molecule has 0 aliphatic carbocycles. The number of methoxy groups -OCH3 is 2. The van der Waals surface area contributed by atoms with Crippen molar-refractivity contribution in [3.8, 4) is 11.5 Å². The van der Waals surface area contributed by atoms with E-state index in [2.05, 4.69) is 5.32 Å². The Hall–Kier alpha value is -3.01. The topological polar surface area (TPSA) is 103 Å². The van der Waals surface area contributed by atoms with Gasteiger partial charge in [0.05, 0.1) is 43.6 Å². The molecule has 0 spiro atoms. The molecule has 2 N–H and O–H groups in total. The Morgan fingerprint density at radius 1 is 1.19 bits per heavy atom. The zero-order valence-corrected chi connectivity index (χ0v) is 20.6. The first kappa shape index (κ1) is 26.1. The maximum absolute atomic E-state index is 14.8. The number of Topliss-reactive ketones (excluding diaryl/α,β-unsaturated/α-hetero) is 1. The van der Waals surface area contributed by atoms with Crippen molar-refractivity contribution in [2.75, 3.05) is 40.6 Å². The van der Waals surface area contributed by atoms with Crippen molar-refractivity contribution in [2.24, 2.45) is 0 Å². The van der Waals surface area contributed by atoms with Crippen LogP contribution in [0.1, 0.15) is 56.7 Å². The molecule has 8 nitrogen and oxygen atoms in total. The summed E-state index contributed by atoms with van der Waals surface area (Å²) in [5, 5.41) is 13.1. The molecule has 2 aliphatic heterocycles. The second-order valence-corrected chi connectivity index (χ2v) is 9.04. The van der Waals surface area contributed by atoms with E-state index >= 15 is 0 Å². The quantitative estimate of drug-likeness (QED) is 0.381. The Bertz CT molecular complexity index is 1120. The molecular weight excluding hydrogens is 469 g/mol. The van der Waals surface area contributed by atoms with Gasteiger partial charge in [0.2, 0.25) is 0 Å². The van der Waals surface area contributed by atoms with E-state index in [1.165, 1.54) is 19.2 Å². The number of carbonyl (C=O) groups is 2. The minimum atomic E-state index is -0.787. The molecule has 36 heavy (non-hydrogen) atoms. The van der Waals surface area contributed by atoms with Crippen LogP contribution in [0.15, 0.2) is 24.3 Å². The molecule has 2 aliphatic rings. The molecule has 0 unspecified atom stereocenters. The molecule has 2 aromatic rings. The van der Waals surface area contributed by atoms with E-state index in [1.54, 1.807) is 19.2 Å². The van der Waals surface area contributed by atoms with Gasteiger partial charge in [0.1, 0.15) is 17.3 Å². The average Bonchev–Trinajstić information content (AvgIpc) is 3.36. The highest BCUT2D eigenvalue weighted by atomic mass is 19.1. The minimum absolute atomic E-state index is 0.0566. The molecule has 2 aromatic carbocycles. The maximum Gasteiger partial charge on any atom is 0.255 e. The zero-order chi connectivity index (χ0) is 25.7. The van der Waals surface area contributed by atoms with Crippen LogP contribution in [0.5, 0.6) is 11.5 Å². The van der Waals surface area contributed by atoms with Gasteiger partial charge in [0.15, 0.2) is 5.78 Å². The van der Waals surface area contributed by atoms with Crippen LogP contribution in [-0.2, 0) is 22.3 Å². The van der Waals surface area contributed by atoms with Gasteiger partial charge in [-0.15, -0.1) is 0 Å². The molecule has 2 atom stereocenters. The van der Waals surface area contributed by atoms with Gasteiger partial charge < -0.3 is 29.4 Å². The summed E-state index contributed by atoms with van der Waals surface area (Å²) in [5.41, 5.74) is 2.55. The van der Waals surface area contributed by atoms with Gasteiger partial charge in [0.25, 0.3) is 5.91 Å². The number of ether oxygens (including phenoxy) is 4. The monoisotopic (exact) mass is 501 g/mol. The van der Waals surface area contributed by atoms with Gasteiger partial charge in [-0.25, -0.2) is 4.39 Å². The Balaban J connectivity index is 1.59. The van der Waals surface area contributed by atoms with Gasteiger partial charge in [-0.05, 0) is 42.2 Å². The van der Waals surface area contributed by atoms with Gasteiger partial charge in [0, 0.05) is 45.1 Å². The zero-order valence-electron chi connectivity index (χ0n) is 20.6. The molecule has 2 heterocycles. The van der Waals surface area contributed by atoms with E-state index < -0.39 is 18.0 Å². The summed E-state index contributed by atoms with van der Waals surface area (Å²) in [6, 6.07) is 5.85. The summed E-state index contributed by atoms with van der Waals surface area (Å²) < 4.78 is 36.5. The van der Waals surface area contributed by atoms with Crippen LogP contribution in [0.2, 0.25) is 0 Å². The lowest BCUT2D eigenvalue weighted by Gasteiger charge is -2.28. The second kappa shape index (κ2) is 11.8. The van der Waals surface area contributed by atoms with Crippen molar-refractivity contribution >= 4 is 11.7 Å². The Labute approximate surface area is 209 Å². The Morgan fingerprint density at radius 2 is 2.03 bits per heavy atom. The Kier molecular flexibility index (Phi) is 8.56. The van der Waals surface area contributed by atoms with Crippen molar-refractivity contribution in [1.82, 2.24) is 5.32 Å². The Morgan fingerprint density at radius 3 is 2.75 bits per heavy atom. The predicted octanol–water partition coefficient (Wildman–Crippen LogP) is 2.85. The SMILES string of the molecule is COCCCC(=O)c1ccc(Cc2cc(C(=O)N[C@H]3CCOC[C@@H]3O)c(OC)c3c2OCC3)cc1F. The van der Waals surface area contributed by atoms with Gasteiger partial charge >= 0.3 is 0 Å². The number of aliphatic hydroxyl groups is 1. The van der Waals surface area contributed by atoms with Crippen LogP contribution < -0.4 is 14.8 Å². The molecule has 0 radical (unpaired) electrons. The highest BCUT2D eigenvalue weighted by Crippen LogP contribution is 2.40. The molecule has 1 amide bonds. The fourth-order valence-corrected chi connectivity index (χ4v) is 4.72. The fourth-order valence-electron chi connectivity index (χ4n) is 4.72. The first-order chi connectivity index (χ1) is 17.4. The van der Waals surface area contributed by atoms with Gasteiger partial charge in [-0.2, -0.15) is 0 Å². The van der Waals surface area contributed by atoms with E-state index in [1.807, 2.05) is 0 Å². The van der Waals surface area contributed by atoms with Crippen LogP contribution in [0.25, 0.3) is 0 Å². The molecular formula is C27H32FNO7. The van der Waals surface area contributed by atoms with E-state index in [4.69, 9.17) is 18.9 Å².